The van der Waals surface area contributed by atoms with E-state index in [1.165, 1.54) is 0 Å². The maximum absolute atomic E-state index is 10.8. The van der Waals surface area contributed by atoms with E-state index in [1.54, 1.807) is 12.1 Å². The predicted octanol–water partition coefficient (Wildman–Crippen LogP) is 2.24. The standard InChI is InChI=1S/C14H15NO3/c1-9-10(2)18-11(3)15(9)8-12-4-6-13(7-5-12)14(16)17/h4-7H,8H2,1-3H3/p+1. The summed E-state index contributed by atoms with van der Waals surface area (Å²) in [6.07, 6.45) is 0. The van der Waals surface area contributed by atoms with E-state index >= 15 is 0 Å². The zero-order chi connectivity index (χ0) is 13.3. The predicted molar refractivity (Wildman–Crippen MR) is 65.6 cm³/mol. The normalized spacial score (nSPS) is 10.6. The lowest BCUT2D eigenvalue weighted by molar-refractivity contribution is -0.703. The number of aromatic carboxylic acids is 1. The van der Waals surface area contributed by atoms with Gasteiger partial charge in [-0.05, 0) is 12.1 Å². The Labute approximate surface area is 105 Å². The van der Waals surface area contributed by atoms with E-state index in [4.69, 9.17) is 9.52 Å². The van der Waals surface area contributed by atoms with Gasteiger partial charge >= 0.3 is 11.9 Å². The van der Waals surface area contributed by atoms with Gasteiger partial charge in [-0.15, -0.1) is 0 Å². The molecule has 18 heavy (non-hydrogen) atoms. The maximum atomic E-state index is 10.8. The topological polar surface area (TPSA) is 54.3 Å². The number of benzene rings is 1. The van der Waals surface area contributed by atoms with E-state index in [0.29, 0.717) is 12.1 Å². The molecular weight excluding hydrogens is 230 g/mol. The fourth-order valence-electron chi connectivity index (χ4n) is 1.94. The molecule has 0 unspecified atom stereocenters. The number of hydrogen-bond donors (Lipinski definition) is 1. The summed E-state index contributed by atoms with van der Waals surface area (Å²) >= 11 is 0. The van der Waals surface area contributed by atoms with Gasteiger partial charge in [0.1, 0.15) is 0 Å². The highest BCUT2D eigenvalue weighted by Crippen LogP contribution is 2.09. The zero-order valence-electron chi connectivity index (χ0n) is 10.7. The van der Waals surface area contributed by atoms with Crippen LogP contribution < -0.4 is 4.57 Å². The van der Waals surface area contributed by atoms with E-state index < -0.39 is 5.97 Å². The molecule has 2 aromatic rings. The summed E-state index contributed by atoms with van der Waals surface area (Å²) in [6.45, 7) is 6.56. The van der Waals surface area contributed by atoms with Gasteiger partial charge in [0.25, 0.3) is 0 Å². The smallest absolute Gasteiger partial charge is 0.344 e. The third-order valence-corrected chi connectivity index (χ3v) is 3.14. The Morgan fingerprint density at radius 2 is 1.83 bits per heavy atom. The number of rotatable bonds is 3. The minimum absolute atomic E-state index is 0.306. The van der Waals surface area contributed by atoms with Gasteiger partial charge in [-0.3, -0.25) is 0 Å². The number of aromatic nitrogens is 1. The summed E-state index contributed by atoms with van der Waals surface area (Å²) in [5.74, 6) is 0.864. The highest BCUT2D eigenvalue weighted by molar-refractivity contribution is 5.87. The first-order chi connectivity index (χ1) is 8.49. The summed E-state index contributed by atoms with van der Waals surface area (Å²) in [5.41, 5.74) is 2.45. The van der Waals surface area contributed by atoms with Crippen molar-refractivity contribution < 1.29 is 18.9 Å². The Kier molecular flexibility index (Phi) is 3.19. The minimum atomic E-state index is -0.902. The Morgan fingerprint density at radius 1 is 1.22 bits per heavy atom. The van der Waals surface area contributed by atoms with Crippen molar-refractivity contribution in [2.24, 2.45) is 0 Å². The summed E-state index contributed by atoms with van der Waals surface area (Å²) in [6, 6.07) is 6.90. The SMILES string of the molecule is Cc1oc(C)[n+](Cc2ccc(C(=O)O)cc2)c1C. The molecule has 4 nitrogen and oxygen atoms in total. The second kappa shape index (κ2) is 4.64. The van der Waals surface area contributed by atoms with Gasteiger partial charge in [0, 0.05) is 19.4 Å². The highest BCUT2D eigenvalue weighted by atomic mass is 16.4. The fraction of sp³-hybridized carbons (Fsp3) is 0.286. The quantitative estimate of drug-likeness (QED) is 0.845. The lowest BCUT2D eigenvalue weighted by Gasteiger charge is -1.99. The average Bonchev–Trinajstić information content (AvgIpc) is 2.57. The summed E-state index contributed by atoms with van der Waals surface area (Å²) in [4.78, 5) is 10.8. The third-order valence-electron chi connectivity index (χ3n) is 3.14. The molecule has 0 aliphatic heterocycles. The van der Waals surface area contributed by atoms with Crippen molar-refractivity contribution >= 4 is 5.97 Å². The number of carbonyl (C=O) groups is 1. The molecule has 0 radical (unpaired) electrons. The number of carboxylic acid groups (broad SMARTS) is 1. The van der Waals surface area contributed by atoms with E-state index in [-0.39, 0.29) is 0 Å². The molecule has 2 rings (SSSR count). The molecule has 0 bridgehead atoms. The van der Waals surface area contributed by atoms with Crippen LogP contribution in [-0.2, 0) is 6.54 Å². The molecule has 0 aliphatic carbocycles. The number of aryl methyl sites for hydroxylation is 2. The van der Waals surface area contributed by atoms with Gasteiger partial charge in [-0.2, -0.15) is 4.57 Å². The number of nitrogens with zero attached hydrogens (tertiary/aromatic N) is 1. The van der Waals surface area contributed by atoms with Crippen LogP contribution in [-0.4, -0.2) is 11.1 Å². The molecule has 0 aliphatic rings. The first kappa shape index (κ1) is 12.4. The van der Waals surface area contributed by atoms with Crippen LogP contribution in [0.3, 0.4) is 0 Å². The average molecular weight is 246 g/mol. The van der Waals surface area contributed by atoms with Crippen molar-refractivity contribution in [3.05, 3.63) is 52.7 Å². The Balaban J connectivity index is 2.26. The first-order valence-corrected chi connectivity index (χ1v) is 5.77. The molecule has 1 aromatic carbocycles. The summed E-state index contributed by atoms with van der Waals surface area (Å²) in [5, 5.41) is 8.84. The van der Waals surface area contributed by atoms with E-state index in [9.17, 15) is 4.79 Å². The minimum Gasteiger partial charge on any atom is -0.478 e. The van der Waals surface area contributed by atoms with E-state index in [1.807, 2.05) is 32.9 Å². The van der Waals surface area contributed by atoms with Crippen molar-refractivity contribution in [1.29, 1.82) is 0 Å². The molecule has 0 saturated heterocycles. The monoisotopic (exact) mass is 246 g/mol. The van der Waals surface area contributed by atoms with Crippen LogP contribution in [0.15, 0.2) is 28.7 Å². The van der Waals surface area contributed by atoms with Crippen molar-refractivity contribution in [2.45, 2.75) is 27.3 Å². The molecule has 1 N–H and O–H groups in total. The van der Waals surface area contributed by atoms with Gasteiger partial charge < -0.3 is 9.52 Å². The van der Waals surface area contributed by atoms with Crippen LogP contribution in [0.25, 0.3) is 0 Å². The molecule has 0 spiro atoms. The Morgan fingerprint density at radius 3 is 2.28 bits per heavy atom. The van der Waals surface area contributed by atoms with Crippen LogP contribution in [0.5, 0.6) is 0 Å². The molecule has 0 saturated carbocycles. The second-order valence-electron chi connectivity index (χ2n) is 4.35. The lowest BCUT2D eigenvalue weighted by Crippen LogP contribution is -2.38. The van der Waals surface area contributed by atoms with Gasteiger partial charge in [-0.1, -0.05) is 12.1 Å². The van der Waals surface area contributed by atoms with E-state index in [0.717, 1.165) is 22.9 Å². The van der Waals surface area contributed by atoms with Crippen LogP contribution in [0.2, 0.25) is 0 Å². The Hall–Kier alpha value is -2.10. The van der Waals surface area contributed by atoms with Crippen LogP contribution >= 0.6 is 0 Å². The van der Waals surface area contributed by atoms with Crippen LogP contribution in [0, 0.1) is 20.8 Å². The molecule has 0 atom stereocenters. The van der Waals surface area contributed by atoms with Gasteiger partial charge in [0.15, 0.2) is 12.3 Å². The van der Waals surface area contributed by atoms with Crippen molar-refractivity contribution in [2.75, 3.05) is 0 Å². The van der Waals surface area contributed by atoms with Crippen molar-refractivity contribution in [3.8, 4) is 0 Å². The van der Waals surface area contributed by atoms with Gasteiger partial charge in [-0.25, -0.2) is 4.79 Å². The third kappa shape index (κ3) is 2.27. The molecule has 0 fully saturated rings. The van der Waals surface area contributed by atoms with E-state index in [2.05, 4.69) is 4.57 Å². The maximum Gasteiger partial charge on any atom is 0.344 e. The lowest BCUT2D eigenvalue weighted by atomic mass is 10.1. The summed E-state index contributed by atoms with van der Waals surface area (Å²) < 4.78 is 7.62. The van der Waals surface area contributed by atoms with Gasteiger partial charge in [0.05, 0.1) is 12.5 Å². The summed E-state index contributed by atoms with van der Waals surface area (Å²) in [7, 11) is 0. The first-order valence-electron chi connectivity index (χ1n) is 5.77. The van der Waals surface area contributed by atoms with Gasteiger partial charge in [0.2, 0.25) is 5.69 Å². The second-order valence-corrected chi connectivity index (χ2v) is 4.35. The number of oxazole rings is 1. The highest BCUT2D eigenvalue weighted by Gasteiger charge is 2.19. The fourth-order valence-corrected chi connectivity index (χ4v) is 1.94. The molecule has 94 valence electrons. The molecular formula is C14H16NO3+. The van der Waals surface area contributed by atoms with Crippen LogP contribution in [0.4, 0.5) is 0 Å². The molecule has 0 amide bonds. The number of hydrogen-bond acceptors (Lipinski definition) is 2. The van der Waals surface area contributed by atoms with Crippen molar-refractivity contribution in [1.82, 2.24) is 0 Å². The molecule has 1 aromatic heterocycles. The zero-order valence-corrected chi connectivity index (χ0v) is 10.7. The van der Waals surface area contributed by atoms with Crippen molar-refractivity contribution in [3.63, 3.8) is 0 Å². The van der Waals surface area contributed by atoms with Crippen LogP contribution in [0.1, 0.15) is 33.3 Å². The number of carboxylic acids is 1. The largest absolute Gasteiger partial charge is 0.478 e. The molecule has 1 heterocycles. The Bertz CT molecular complexity index is 582. The molecule has 4 heteroatoms.